The van der Waals surface area contributed by atoms with E-state index in [1.54, 1.807) is 6.20 Å². The molecule has 0 aliphatic rings. The summed E-state index contributed by atoms with van der Waals surface area (Å²) in [6.45, 7) is 10.5. The molecule has 5 heteroatoms. The number of fused-ring (bicyclic) bond motifs is 1. The Morgan fingerprint density at radius 3 is 2.80 bits per heavy atom. The predicted molar refractivity (Wildman–Crippen MR) is 84.2 cm³/mol. The lowest BCUT2D eigenvalue weighted by atomic mass is 10.3. The van der Waals surface area contributed by atoms with Crippen LogP contribution in [0.1, 0.15) is 38.4 Å². The third-order valence-electron chi connectivity index (χ3n) is 3.56. The molecule has 0 aliphatic carbocycles. The van der Waals surface area contributed by atoms with Gasteiger partial charge in [-0.2, -0.15) is 0 Å². The van der Waals surface area contributed by atoms with Crippen molar-refractivity contribution in [2.75, 3.05) is 19.6 Å². The molecular formula is C15H23ClN4. The second-order valence-corrected chi connectivity index (χ2v) is 5.69. The van der Waals surface area contributed by atoms with Gasteiger partial charge in [-0.05, 0) is 32.5 Å². The maximum Gasteiger partial charge on any atom is 0.127 e. The van der Waals surface area contributed by atoms with Gasteiger partial charge in [-0.3, -0.25) is 4.98 Å². The first-order chi connectivity index (χ1) is 9.67. The van der Waals surface area contributed by atoms with Gasteiger partial charge in [0.05, 0.1) is 17.1 Å². The van der Waals surface area contributed by atoms with Gasteiger partial charge < -0.3 is 9.47 Å². The van der Waals surface area contributed by atoms with Crippen LogP contribution in [0.25, 0.3) is 11.0 Å². The second-order valence-electron chi connectivity index (χ2n) is 5.04. The highest BCUT2D eigenvalue weighted by atomic mass is 35.5. The van der Waals surface area contributed by atoms with E-state index in [0.717, 1.165) is 43.0 Å². The van der Waals surface area contributed by atoms with Crippen LogP contribution in [0.3, 0.4) is 0 Å². The normalized spacial score (nSPS) is 13.2. The van der Waals surface area contributed by atoms with Gasteiger partial charge in [0.15, 0.2) is 0 Å². The SMILES string of the molecule is CCCN(CC)CCn1c(C(C)Cl)nc2cnccc21. The van der Waals surface area contributed by atoms with Crippen molar-refractivity contribution >= 4 is 22.6 Å². The van der Waals surface area contributed by atoms with Gasteiger partial charge >= 0.3 is 0 Å². The minimum absolute atomic E-state index is 0.0938. The van der Waals surface area contributed by atoms with Crippen molar-refractivity contribution in [1.82, 2.24) is 19.4 Å². The molecule has 0 saturated heterocycles. The van der Waals surface area contributed by atoms with Crippen molar-refractivity contribution in [3.05, 3.63) is 24.3 Å². The van der Waals surface area contributed by atoms with Gasteiger partial charge in [0.2, 0.25) is 0 Å². The number of hydrogen-bond donors (Lipinski definition) is 0. The van der Waals surface area contributed by atoms with Crippen LogP contribution in [0.4, 0.5) is 0 Å². The number of hydrogen-bond acceptors (Lipinski definition) is 3. The zero-order valence-corrected chi connectivity index (χ0v) is 13.3. The molecule has 110 valence electrons. The van der Waals surface area contributed by atoms with Crippen LogP contribution in [-0.2, 0) is 6.54 Å². The number of nitrogens with zero attached hydrogens (tertiary/aromatic N) is 4. The summed E-state index contributed by atoms with van der Waals surface area (Å²) in [6.07, 6.45) is 4.80. The Bertz CT molecular complexity index is 550. The molecule has 1 unspecified atom stereocenters. The summed E-state index contributed by atoms with van der Waals surface area (Å²) in [4.78, 5) is 11.2. The van der Waals surface area contributed by atoms with Gasteiger partial charge in [0.25, 0.3) is 0 Å². The number of likely N-dealkylation sites (N-methyl/N-ethyl adjacent to an activating group) is 1. The van der Waals surface area contributed by atoms with Gasteiger partial charge in [0.1, 0.15) is 11.3 Å². The number of imidazole rings is 1. The molecule has 0 fully saturated rings. The minimum Gasteiger partial charge on any atom is -0.325 e. The van der Waals surface area contributed by atoms with E-state index in [2.05, 4.69) is 33.3 Å². The molecular weight excluding hydrogens is 272 g/mol. The van der Waals surface area contributed by atoms with Gasteiger partial charge in [-0.1, -0.05) is 13.8 Å². The smallest absolute Gasteiger partial charge is 0.127 e. The monoisotopic (exact) mass is 294 g/mol. The van der Waals surface area contributed by atoms with Crippen LogP contribution in [0.5, 0.6) is 0 Å². The van der Waals surface area contributed by atoms with Crippen LogP contribution in [0.2, 0.25) is 0 Å². The van der Waals surface area contributed by atoms with Gasteiger partial charge in [0, 0.05) is 19.3 Å². The maximum absolute atomic E-state index is 6.27. The summed E-state index contributed by atoms with van der Waals surface area (Å²) in [6, 6.07) is 2.02. The van der Waals surface area contributed by atoms with Gasteiger partial charge in [-0.15, -0.1) is 11.6 Å². The standard InChI is InChI=1S/C15H23ClN4/c1-4-8-19(5-2)9-10-20-14-6-7-17-11-13(14)18-15(20)12(3)16/h6-7,11-12H,4-5,8-10H2,1-3H3. The molecule has 4 nitrogen and oxygen atoms in total. The third kappa shape index (κ3) is 3.30. The van der Waals surface area contributed by atoms with E-state index in [0.29, 0.717) is 0 Å². The molecule has 0 aromatic carbocycles. The van der Waals surface area contributed by atoms with E-state index >= 15 is 0 Å². The zero-order chi connectivity index (χ0) is 14.5. The average molecular weight is 295 g/mol. The van der Waals surface area contributed by atoms with Crippen LogP contribution >= 0.6 is 11.6 Å². The molecule has 2 aromatic heterocycles. The quantitative estimate of drug-likeness (QED) is 0.733. The van der Waals surface area contributed by atoms with E-state index < -0.39 is 0 Å². The molecule has 0 spiro atoms. The Balaban J connectivity index is 2.25. The van der Waals surface area contributed by atoms with Crippen molar-refractivity contribution < 1.29 is 0 Å². The fraction of sp³-hybridized carbons (Fsp3) is 0.600. The summed E-state index contributed by atoms with van der Waals surface area (Å²) in [7, 11) is 0. The van der Waals surface area contributed by atoms with Crippen LogP contribution in [-0.4, -0.2) is 39.1 Å². The Kier molecular flexibility index (Phi) is 5.38. The topological polar surface area (TPSA) is 34.0 Å². The molecule has 0 amide bonds. The first-order valence-corrected chi connectivity index (χ1v) is 7.77. The van der Waals surface area contributed by atoms with Crippen LogP contribution in [0.15, 0.2) is 18.5 Å². The van der Waals surface area contributed by atoms with E-state index in [1.165, 1.54) is 6.42 Å². The molecule has 2 heterocycles. The van der Waals surface area contributed by atoms with Crippen molar-refractivity contribution in [3.63, 3.8) is 0 Å². The van der Waals surface area contributed by atoms with E-state index in [4.69, 9.17) is 11.6 Å². The Labute approximate surface area is 125 Å². The fourth-order valence-corrected chi connectivity index (χ4v) is 2.69. The van der Waals surface area contributed by atoms with Crippen molar-refractivity contribution in [2.45, 2.75) is 39.1 Å². The van der Waals surface area contributed by atoms with Crippen molar-refractivity contribution in [2.24, 2.45) is 0 Å². The highest BCUT2D eigenvalue weighted by Gasteiger charge is 2.15. The van der Waals surface area contributed by atoms with Crippen LogP contribution in [0, 0.1) is 0 Å². The van der Waals surface area contributed by atoms with E-state index in [9.17, 15) is 0 Å². The summed E-state index contributed by atoms with van der Waals surface area (Å²) in [5, 5.41) is -0.0938. The Morgan fingerprint density at radius 1 is 1.35 bits per heavy atom. The highest BCUT2D eigenvalue weighted by Crippen LogP contribution is 2.23. The largest absolute Gasteiger partial charge is 0.325 e. The number of aromatic nitrogens is 3. The lowest BCUT2D eigenvalue weighted by Crippen LogP contribution is -2.28. The molecule has 0 saturated carbocycles. The Morgan fingerprint density at radius 2 is 2.15 bits per heavy atom. The molecule has 0 N–H and O–H groups in total. The molecule has 0 bridgehead atoms. The number of alkyl halides is 1. The predicted octanol–water partition coefficient (Wildman–Crippen LogP) is 3.46. The summed E-state index contributed by atoms with van der Waals surface area (Å²) in [5.41, 5.74) is 2.04. The maximum atomic E-state index is 6.27. The lowest BCUT2D eigenvalue weighted by molar-refractivity contribution is 0.276. The zero-order valence-electron chi connectivity index (χ0n) is 12.5. The molecule has 2 rings (SSSR count). The third-order valence-corrected chi connectivity index (χ3v) is 3.76. The molecule has 0 radical (unpaired) electrons. The van der Waals surface area contributed by atoms with E-state index in [-0.39, 0.29) is 5.38 Å². The fourth-order valence-electron chi connectivity index (χ4n) is 2.52. The lowest BCUT2D eigenvalue weighted by Gasteiger charge is -2.21. The summed E-state index contributed by atoms with van der Waals surface area (Å²) >= 11 is 6.27. The van der Waals surface area contributed by atoms with Gasteiger partial charge in [-0.25, -0.2) is 4.98 Å². The van der Waals surface area contributed by atoms with Crippen molar-refractivity contribution in [3.8, 4) is 0 Å². The molecule has 0 aliphatic heterocycles. The number of rotatable bonds is 7. The summed E-state index contributed by atoms with van der Waals surface area (Å²) < 4.78 is 2.23. The molecule has 2 aromatic rings. The highest BCUT2D eigenvalue weighted by molar-refractivity contribution is 6.20. The molecule has 1 atom stereocenters. The number of pyridine rings is 1. The Hall–Kier alpha value is -1.13. The molecule has 20 heavy (non-hydrogen) atoms. The number of halogens is 1. The first-order valence-electron chi connectivity index (χ1n) is 7.33. The van der Waals surface area contributed by atoms with Crippen molar-refractivity contribution in [1.29, 1.82) is 0 Å². The minimum atomic E-state index is -0.0938. The van der Waals surface area contributed by atoms with E-state index in [1.807, 2.05) is 19.2 Å². The second kappa shape index (κ2) is 7.04. The summed E-state index contributed by atoms with van der Waals surface area (Å²) in [5.74, 6) is 0.933. The average Bonchev–Trinajstić information content (AvgIpc) is 2.82. The van der Waals surface area contributed by atoms with Crippen LogP contribution < -0.4 is 0 Å². The first kappa shape index (κ1) is 15.3.